The number of carbonyl (C=O) groups is 3. The Morgan fingerprint density at radius 3 is 2.82 bits per heavy atom. The van der Waals surface area contributed by atoms with E-state index in [1.54, 1.807) is 30.3 Å². The standard InChI is InChI=1S/C14H13N5O3/c20-12(18-11-5-6-15-19-11)7-10-14(22)16-9-4-2-1-3-8(9)13(21)17-10/h1-6,10H,7H2,(H,16,22)(H,17,21)(H2,15,18,19,20)/t10-/m0/s1. The molecule has 0 saturated heterocycles. The highest BCUT2D eigenvalue weighted by molar-refractivity contribution is 6.11. The zero-order valence-electron chi connectivity index (χ0n) is 11.4. The zero-order valence-corrected chi connectivity index (χ0v) is 11.4. The van der Waals surface area contributed by atoms with Gasteiger partial charge in [-0.15, -0.1) is 0 Å². The quantitative estimate of drug-likeness (QED) is 0.660. The fourth-order valence-electron chi connectivity index (χ4n) is 2.17. The van der Waals surface area contributed by atoms with E-state index in [-0.39, 0.29) is 6.42 Å². The van der Waals surface area contributed by atoms with Crippen molar-refractivity contribution in [1.29, 1.82) is 0 Å². The first-order valence-electron chi connectivity index (χ1n) is 6.63. The Morgan fingerprint density at radius 1 is 1.23 bits per heavy atom. The van der Waals surface area contributed by atoms with Crippen molar-refractivity contribution in [3.05, 3.63) is 42.1 Å². The number of benzene rings is 1. The minimum atomic E-state index is -0.942. The van der Waals surface area contributed by atoms with E-state index in [0.29, 0.717) is 17.1 Å². The second-order valence-electron chi connectivity index (χ2n) is 4.78. The molecule has 2 aromatic rings. The molecule has 1 aliphatic heterocycles. The molecule has 0 unspecified atom stereocenters. The Balaban J connectivity index is 1.71. The molecule has 0 spiro atoms. The first-order valence-corrected chi connectivity index (χ1v) is 6.63. The minimum Gasteiger partial charge on any atom is -0.340 e. The lowest BCUT2D eigenvalue weighted by atomic mass is 10.1. The molecule has 22 heavy (non-hydrogen) atoms. The molecule has 2 heterocycles. The first kappa shape index (κ1) is 13.8. The van der Waals surface area contributed by atoms with E-state index in [9.17, 15) is 14.4 Å². The summed E-state index contributed by atoms with van der Waals surface area (Å²) in [5.74, 6) is -0.810. The molecule has 0 saturated carbocycles. The number of nitrogens with zero attached hydrogens (tertiary/aromatic N) is 1. The number of hydrogen-bond donors (Lipinski definition) is 4. The number of nitrogens with one attached hydrogen (secondary N) is 4. The Labute approximate surface area is 125 Å². The smallest absolute Gasteiger partial charge is 0.254 e. The summed E-state index contributed by atoms with van der Waals surface area (Å²) >= 11 is 0. The number of rotatable bonds is 3. The van der Waals surface area contributed by atoms with Crippen LogP contribution in [0.1, 0.15) is 16.8 Å². The molecule has 4 N–H and O–H groups in total. The van der Waals surface area contributed by atoms with Gasteiger partial charge in [0.1, 0.15) is 11.9 Å². The van der Waals surface area contributed by atoms with Gasteiger partial charge in [-0.3, -0.25) is 19.5 Å². The maximum absolute atomic E-state index is 12.1. The van der Waals surface area contributed by atoms with Crippen LogP contribution in [0.3, 0.4) is 0 Å². The van der Waals surface area contributed by atoms with E-state index in [0.717, 1.165) is 0 Å². The van der Waals surface area contributed by atoms with Gasteiger partial charge in [0.15, 0.2) is 0 Å². The van der Waals surface area contributed by atoms with Gasteiger partial charge in [0.05, 0.1) is 23.9 Å². The predicted molar refractivity (Wildman–Crippen MR) is 78.2 cm³/mol. The number of carbonyl (C=O) groups excluding carboxylic acids is 3. The molecule has 8 nitrogen and oxygen atoms in total. The monoisotopic (exact) mass is 299 g/mol. The number of amides is 3. The number of aromatic amines is 1. The average Bonchev–Trinajstić information content (AvgIpc) is 2.95. The van der Waals surface area contributed by atoms with Crippen LogP contribution in [0, 0.1) is 0 Å². The summed E-state index contributed by atoms with van der Waals surface area (Å²) in [7, 11) is 0. The van der Waals surface area contributed by atoms with Gasteiger partial charge in [0.2, 0.25) is 11.8 Å². The second kappa shape index (κ2) is 5.68. The van der Waals surface area contributed by atoms with Crippen LogP contribution in [0.15, 0.2) is 36.5 Å². The lowest BCUT2D eigenvalue weighted by Gasteiger charge is -2.13. The molecular weight excluding hydrogens is 286 g/mol. The summed E-state index contributed by atoms with van der Waals surface area (Å²) in [6.45, 7) is 0. The highest BCUT2D eigenvalue weighted by atomic mass is 16.2. The van der Waals surface area contributed by atoms with Crippen molar-refractivity contribution in [2.45, 2.75) is 12.5 Å². The number of anilines is 2. The summed E-state index contributed by atoms with van der Waals surface area (Å²) in [4.78, 5) is 36.2. The Morgan fingerprint density at radius 2 is 2.05 bits per heavy atom. The fraction of sp³-hybridized carbons (Fsp3) is 0.143. The first-order chi connectivity index (χ1) is 10.6. The number of aromatic nitrogens is 2. The Hall–Kier alpha value is -3.16. The third-order valence-corrected chi connectivity index (χ3v) is 3.22. The van der Waals surface area contributed by atoms with E-state index in [1.165, 1.54) is 6.20 Å². The van der Waals surface area contributed by atoms with Gasteiger partial charge in [0.25, 0.3) is 5.91 Å². The van der Waals surface area contributed by atoms with Crippen LogP contribution >= 0.6 is 0 Å². The number of fused-ring (bicyclic) bond motifs is 1. The largest absolute Gasteiger partial charge is 0.340 e. The van der Waals surface area contributed by atoms with Gasteiger partial charge in [-0.05, 0) is 12.1 Å². The van der Waals surface area contributed by atoms with E-state index >= 15 is 0 Å². The second-order valence-corrected chi connectivity index (χ2v) is 4.78. The highest BCUT2D eigenvalue weighted by Crippen LogP contribution is 2.18. The molecule has 8 heteroatoms. The van der Waals surface area contributed by atoms with Crippen molar-refractivity contribution in [2.75, 3.05) is 10.6 Å². The summed E-state index contributed by atoms with van der Waals surface area (Å²) in [5, 5.41) is 14.0. The minimum absolute atomic E-state index is 0.176. The normalized spacial score (nSPS) is 17.0. The van der Waals surface area contributed by atoms with Crippen LogP contribution < -0.4 is 16.0 Å². The predicted octanol–water partition coefficient (Wildman–Crippen LogP) is 0.489. The van der Waals surface area contributed by atoms with E-state index < -0.39 is 23.8 Å². The lowest BCUT2D eigenvalue weighted by molar-refractivity contribution is -0.122. The number of hydrogen-bond acceptors (Lipinski definition) is 4. The molecule has 0 aliphatic carbocycles. The van der Waals surface area contributed by atoms with Crippen LogP contribution in [-0.4, -0.2) is 34.0 Å². The van der Waals surface area contributed by atoms with Crippen LogP contribution in [0.4, 0.5) is 11.5 Å². The van der Waals surface area contributed by atoms with Gasteiger partial charge >= 0.3 is 0 Å². The van der Waals surface area contributed by atoms with E-state index in [4.69, 9.17) is 0 Å². The van der Waals surface area contributed by atoms with Gasteiger partial charge in [-0.1, -0.05) is 12.1 Å². The van der Waals surface area contributed by atoms with Crippen molar-refractivity contribution >= 4 is 29.2 Å². The molecule has 1 atom stereocenters. The third-order valence-electron chi connectivity index (χ3n) is 3.22. The van der Waals surface area contributed by atoms with E-state index in [1.807, 2.05) is 0 Å². The number of para-hydroxylation sites is 1. The van der Waals surface area contributed by atoms with Crippen LogP contribution in [0.25, 0.3) is 0 Å². The highest BCUT2D eigenvalue weighted by Gasteiger charge is 2.29. The summed E-state index contributed by atoms with van der Waals surface area (Å²) < 4.78 is 0. The van der Waals surface area contributed by atoms with E-state index in [2.05, 4.69) is 26.1 Å². The van der Waals surface area contributed by atoms with Gasteiger partial charge in [-0.25, -0.2) is 0 Å². The zero-order chi connectivity index (χ0) is 15.5. The van der Waals surface area contributed by atoms with Crippen LogP contribution in [-0.2, 0) is 9.59 Å². The molecule has 0 radical (unpaired) electrons. The summed E-state index contributed by atoms with van der Waals surface area (Å²) in [5.41, 5.74) is 0.800. The van der Waals surface area contributed by atoms with Gasteiger partial charge in [0, 0.05) is 6.07 Å². The van der Waals surface area contributed by atoms with Crippen molar-refractivity contribution in [1.82, 2.24) is 15.5 Å². The van der Waals surface area contributed by atoms with Gasteiger partial charge < -0.3 is 16.0 Å². The fourth-order valence-corrected chi connectivity index (χ4v) is 2.17. The third kappa shape index (κ3) is 2.80. The van der Waals surface area contributed by atoms with Crippen molar-refractivity contribution < 1.29 is 14.4 Å². The maximum atomic E-state index is 12.1. The molecule has 1 aromatic carbocycles. The molecule has 1 aliphatic rings. The van der Waals surface area contributed by atoms with Crippen molar-refractivity contribution in [3.8, 4) is 0 Å². The topological polar surface area (TPSA) is 116 Å². The van der Waals surface area contributed by atoms with Crippen LogP contribution in [0.5, 0.6) is 0 Å². The molecule has 112 valence electrons. The number of H-pyrrole nitrogens is 1. The lowest BCUT2D eigenvalue weighted by Crippen LogP contribution is -2.43. The molecule has 1 aromatic heterocycles. The molecule has 3 amide bonds. The maximum Gasteiger partial charge on any atom is 0.254 e. The molecule has 3 rings (SSSR count). The van der Waals surface area contributed by atoms with Crippen LogP contribution in [0.2, 0.25) is 0 Å². The molecular formula is C14H13N5O3. The molecule has 0 bridgehead atoms. The average molecular weight is 299 g/mol. The van der Waals surface area contributed by atoms with Crippen molar-refractivity contribution in [3.63, 3.8) is 0 Å². The Bertz CT molecular complexity index is 726. The Kier molecular flexibility index (Phi) is 3.57. The summed E-state index contributed by atoms with van der Waals surface area (Å²) in [6, 6.07) is 7.31. The molecule has 0 fully saturated rings. The van der Waals surface area contributed by atoms with Gasteiger partial charge in [-0.2, -0.15) is 5.10 Å². The summed E-state index contributed by atoms with van der Waals surface area (Å²) in [6.07, 6.45) is 1.32. The SMILES string of the molecule is O=C(C[C@@H]1NC(=O)c2ccccc2NC1=O)Nc1ccn[nH]1. The van der Waals surface area contributed by atoms with Crippen molar-refractivity contribution in [2.24, 2.45) is 0 Å².